The summed E-state index contributed by atoms with van der Waals surface area (Å²) in [4.78, 5) is 0. The summed E-state index contributed by atoms with van der Waals surface area (Å²) in [5, 5.41) is 0. The van der Waals surface area contributed by atoms with E-state index >= 15 is 0 Å². The van der Waals surface area contributed by atoms with Crippen molar-refractivity contribution in [3.05, 3.63) is 49.1 Å². The Morgan fingerprint density at radius 3 is 0.636 bits per heavy atom. The fourth-order valence-corrected chi connectivity index (χ4v) is 25.5. The minimum atomic E-state index is -3.63. The van der Waals surface area contributed by atoms with E-state index in [-0.39, 0.29) is 0 Å². The van der Waals surface area contributed by atoms with Gasteiger partial charge >= 0.3 is 9.05 Å². The van der Waals surface area contributed by atoms with Gasteiger partial charge in [0.1, 0.15) is 0 Å². The van der Waals surface area contributed by atoms with Crippen LogP contribution in [0.2, 0.25) is 48.4 Å². The molecule has 0 aliphatic rings. The second kappa shape index (κ2) is 14.4. The van der Waals surface area contributed by atoms with Crippen LogP contribution in [0.25, 0.3) is 0 Å². The summed E-state index contributed by atoms with van der Waals surface area (Å²) in [6.07, 6.45) is 0. The molecule has 0 aliphatic heterocycles. The Morgan fingerprint density at radius 1 is 0.394 bits per heavy atom. The zero-order valence-electron chi connectivity index (χ0n) is 22.9. The third-order valence-electron chi connectivity index (χ3n) is 7.59. The molecule has 0 N–H and O–H groups in total. The molecule has 192 valence electrons. The summed E-state index contributed by atoms with van der Waals surface area (Å²) >= 11 is 0. The summed E-state index contributed by atoms with van der Waals surface area (Å²) in [7, 11) is -13.0. The maximum atomic E-state index is 7.21. The van der Waals surface area contributed by atoms with Crippen LogP contribution in [0.1, 0.15) is 55.4 Å². The smallest absolute Gasteiger partial charge is 0.391 e. The number of hydrogen-bond acceptors (Lipinski definition) is 4. The monoisotopic (exact) mass is 544 g/mol. The Bertz CT molecular complexity index is 515. The molecule has 0 aromatic rings. The van der Waals surface area contributed by atoms with Gasteiger partial charge < -0.3 is 16.5 Å². The normalized spacial score (nSPS) is 13.6. The molecule has 33 heavy (non-hydrogen) atoms. The van der Waals surface area contributed by atoms with Crippen molar-refractivity contribution in [3.8, 4) is 0 Å². The topological polar surface area (TPSA) is 36.9 Å². The van der Waals surface area contributed by atoms with E-state index in [1.54, 1.807) is 0 Å². The van der Waals surface area contributed by atoms with Gasteiger partial charge in [-0.2, -0.15) is 0 Å². The van der Waals surface area contributed by atoms with Gasteiger partial charge in [-0.1, -0.05) is 78.2 Å². The third-order valence-corrected chi connectivity index (χ3v) is 30.6. The number of rotatable bonds is 20. The van der Waals surface area contributed by atoms with Gasteiger partial charge in [0.15, 0.2) is 0 Å². The molecule has 4 nitrogen and oxygen atoms in total. The summed E-state index contributed by atoms with van der Waals surface area (Å²) in [5.41, 5.74) is 8.18. The van der Waals surface area contributed by atoms with E-state index in [1.807, 2.05) is 22.8 Å². The largest absolute Gasteiger partial charge is 0.638 e. The minimum Gasteiger partial charge on any atom is -0.391 e. The van der Waals surface area contributed by atoms with Crippen molar-refractivity contribution in [2.75, 3.05) is 0 Å². The van der Waals surface area contributed by atoms with E-state index in [0.717, 1.165) is 48.4 Å². The highest BCUT2D eigenvalue weighted by Gasteiger charge is 2.60. The van der Waals surface area contributed by atoms with Gasteiger partial charge in [0, 0.05) is 0 Å². The summed E-state index contributed by atoms with van der Waals surface area (Å²) in [6, 6.07) is 7.23. The van der Waals surface area contributed by atoms with Crippen LogP contribution in [-0.4, -0.2) is 42.3 Å². The fraction of sp³-hybridized carbons (Fsp3) is 0.667. The molecule has 9 heteroatoms. The highest BCUT2D eigenvalue weighted by atomic mass is 28.5. The van der Waals surface area contributed by atoms with Gasteiger partial charge in [-0.05, 0) is 48.4 Å². The molecule has 0 aromatic carbocycles. The molecule has 0 saturated heterocycles. The van der Waals surface area contributed by atoms with Gasteiger partial charge in [0.25, 0.3) is 0 Å². The van der Waals surface area contributed by atoms with E-state index in [0.29, 0.717) is 0 Å². The minimum absolute atomic E-state index is 0.903. The first-order valence-corrected chi connectivity index (χ1v) is 24.1. The van der Waals surface area contributed by atoms with Crippen LogP contribution in [0.4, 0.5) is 0 Å². The molecule has 0 atom stereocenters. The van der Waals surface area contributed by atoms with Crippen LogP contribution >= 0.6 is 0 Å². The highest BCUT2D eigenvalue weighted by molar-refractivity contribution is 6.96. The first-order valence-electron chi connectivity index (χ1n) is 12.9. The van der Waals surface area contributed by atoms with Crippen molar-refractivity contribution in [2.45, 2.75) is 104 Å². The lowest BCUT2D eigenvalue weighted by Gasteiger charge is -2.48. The van der Waals surface area contributed by atoms with E-state index < -0.39 is 42.3 Å². The van der Waals surface area contributed by atoms with Crippen LogP contribution in [-0.2, 0) is 16.5 Å². The average Bonchev–Trinajstić information content (AvgIpc) is 2.88. The van der Waals surface area contributed by atoms with Crippen molar-refractivity contribution in [3.63, 3.8) is 0 Å². The summed E-state index contributed by atoms with van der Waals surface area (Å²) < 4.78 is 28.8. The molecule has 0 unspecified atom stereocenters. The molecule has 0 aromatic heterocycles. The zero-order valence-corrected chi connectivity index (χ0v) is 27.9. The van der Waals surface area contributed by atoms with Gasteiger partial charge in [0.05, 0.1) is 0 Å². The molecule has 0 saturated carbocycles. The second-order valence-corrected chi connectivity index (χ2v) is 28.9. The maximum absolute atomic E-state index is 7.21. The Morgan fingerprint density at radius 2 is 0.545 bits per heavy atom. The summed E-state index contributed by atoms with van der Waals surface area (Å²) in [6.45, 7) is 34.3. The third kappa shape index (κ3) is 7.94. The Labute approximate surface area is 211 Å². The SMILES string of the molecule is C=C[Si](CC)(CC)O[Si](O[Si](C=C)(CC)CC)(O[Si](C=C)(CC)CC)O[Si](C=C)(CC)CC. The standard InChI is InChI=1S/C24H52O4Si5/c1-13-29(14-2,15-3)25-33(26-30(16-4,17-5)18-6,27-31(19-7,20-8)21-9)28-32(22-10,23-11)24-12/h13,16,19,22H,1,4,7,10,14-15,17-18,20-21,23-24H2,2-3,5-6,8-9,11-12H3. The Kier molecular flexibility index (Phi) is 14.4. The van der Waals surface area contributed by atoms with E-state index in [2.05, 4.69) is 81.7 Å². The lowest BCUT2D eigenvalue weighted by atomic mass is 10.9. The van der Waals surface area contributed by atoms with Crippen molar-refractivity contribution in [2.24, 2.45) is 0 Å². The molecule has 0 bridgehead atoms. The van der Waals surface area contributed by atoms with Crippen molar-refractivity contribution in [1.82, 2.24) is 0 Å². The van der Waals surface area contributed by atoms with Crippen LogP contribution in [0, 0.1) is 0 Å². The van der Waals surface area contributed by atoms with Gasteiger partial charge in [-0.15, -0.1) is 26.3 Å². The van der Waals surface area contributed by atoms with Crippen LogP contribution in [0.5, 0.6) is 0 Å². The maximum Gasteiger partial charge on any atom is 0.638 e. The van der Waals surface area contributed by atoms with Gasteiger partial charge in [-0.3, -0.25) is 0 Å². The van der Waals surface area contributed by atoms with Crippen molar-refractivity contribution < 1.29 is 16.5 Å². The van der Waals surface area contributed by atoms with E-state index in [1.165, 1.54) is 0 Å². The van der Waals surface area contributed by atoms with Gasteiger partial charge in [-0.25, -0.2) is 0 Å². The molecular formula is C24H52O4Si5. The van der Waals surface area contributed by atoms with Crippen LogP contribution < -0.4 is 0 Å². The quantitative estimate of drug-likeness (QED) is 0.144. The molecule has 0 heterocycles. The Hall–Kier alpha value is -0.116. The predicted octanol–water partition coefficient (Wildman–Crippen LogP) is 8.33. The summed E-state index contributed by atoms with van der Waals surface area (Å²) in [5.74, 6) is 0. The van der Waals surface area contributed by atoms with Crippen molar-refractivity contribution in [1.29, 1.82) is 0 Å². The van der Waals surface area contributed by atoms with E-state index in [9.17, 15) is 0 Å². The van der Waals surface area contributed by atoms with E-state index in [4.69, 9.17) is 16.5 Å². The molecular weight excluding hydrogens is 493 g/mol. The van der Waals surface area contributed by atoms with Gasteiger partial charge in [0.2, 0.25) is 33.3 Å². The second-order valence-electron chi connectivity index (χ2n) is 8.81. The fourth-order valence-electron chi connectivity index (χ4n) is 4.02. The van der Waals surface area contributed by atoms with Crippen LogP contribution in [0.15, 0.2) is 49.1 Å². The molecule has 0 fully saturated rings. The number of hydrogen-bond donors (Lipinski definition) is 0. The highest BCUT2D eigenvalue weighted by Crippen LogP contribution is 2.38. The lowest BCUT2D eigenvalue weighted by Crippen LogP contribution is -2.68. The lowest BCUT2D eigenvalue weighted by molar-refractivity contribution is 0.145. The molecule has 0 spiro atoms. The van der Waals surface area contributed by atoms with Crippen molar-refractivity contribution >= 4 is 42.3 Å². The first-order chi connectivity index (χ1) is 15.6. The zero-order chi connectivity index (χ0) is 25.8. The predicted molar refractivity (Wildman–Crippen MR) is 158 cm³/mol. The molecule has 0 aliphatic carbocycles. The average molecular weight is 545 g/mol. The molecule has 0 rings (SSSR count). The first kappa shape index (κ1) is 32.9. The molecule has 0 amide bonds. The van der Waals surface area contributed by atoms with Crippen LogP contribution in [0.3, 0.4) is 0 Å². The Balaban J connectivity index is 7.23. The molecule has 0 radical (unpaired) electrons.